The molecular weight excluding hydrogens is 256 g/mol. The minimum Gasteiger partial charge on any atom is -0.330 e. The first-order valence-corrected chi connectivity index (χ1v) is 7.60. The molecule has 3 heteroatoms. The number of hydrogen-bond acceptors (Lipinski definition) is 2. The largest absolute Gasteiger partial charge is 0.330 e. The number of nitrogens with zero attached hydrogens (tertiary/aromatic N) is 1. The van der Waals surface area contributed by atoms with Crippen LogP contribution in [0.15, 0.2) is 24.3 Å². The molecule has 0 aromatic heterocycles. The average Bonchev–Trinajstić information content (AvgIpc) is 2.38. The summed E-state index contributed by atoms with van der Waals surface area (Å²) in [5, 5.41) is 0.801. The third kappa shape index (κ3) is 3.50. The average molecular weight is 281 g/mol. The van der Waals surface area contributed by atoms with E-state index in [1.54, 1.807) is 0 Å². The lowest BCUT2D eigenvalue weighted by Gasteiger charge is -2.42. The van der Waals surface area contributed by atoms with Crippen molar-refractivity contribution in [2.45, 2.75) is 38.6 Å². The van der Waals surface area contributed by atoms with Crippen molar-refractivity contribution >= 4 is 11.6 Å². The second-order valence-corrected chi connectivity index (χ2v) is 6.45. The highest BCUT2D eigenvalue weighted by atomic mass is 35.5. The Bertz CT molecular complexity index is 392. The lowest BCUT2D eigenvalue weighted by Crippen LogP contribution is -2.40. The Morgan fingerprint density at radius 3 is 2.42 bits per heavy atom. The van der Waals surface area contributed by atoms with E-state index < -0.39 is 0 Å². The molecule has 0 heterocycles. The molecule has 19 heavy (non-hydrogen) atoms. The maximum atomic E-state index is 5.93. The Kier molecular flexibility index (Phi) is 4.88. The van der Waals surface area contributed by atoms with Gasteiger partial charge in [-0.25, -0.2) is 0 Å². The molecule has 1 unspecified atom stereocenters. The van der Waals surface area contributed by atoms with Gasteiger partial charge >= 0.3 is 0 Å². The van der Waals surface area contributed by atoms with Crippen molar-refractivity contribution in [3.05, 3.63) is 34.9 Å². The van der Waals surface area contributed by atoms with Crippen LogP contribution in [0.4, 0.5) is 0 Å². The molecule has 0 saturated heterocycles. The van der Waals surface area contributed by atoms with Gasteiger partial charge in [0.2, 0.25) is 0 Å². The summed E-state index contributed by atoms with van der Waals surface area (Å²) in [5.41, 5.74) is 7.69. The first-order chi connectivity index (χ1) is 9.06. The van der Waals surface area contributed by atoms with Gasteiger partial charge < -0.3 is 5.73 Å². The van der Waals surface area contributed by atoms with E-state index in [1.165, 1.54) is 31.2 Å². The Labute approximate surface area is 121 Å². The molecule has 106 valence electrons. The van der Waals surface area contributed by atoms with Gasteiger partial charge in [0, 0.05) is 11.1 Å². The summed E-state index contributed by atoms with van der Waals surface area (Å²) in [5.74, 6) is 0. The predicted molar refractivity (Wildman–Crippen MR) is 82.5 cm³/mol. The second kappa shape index (κ2) is 6.25. The second-order valence-electron chi connectivity index (χ2n) is 6.02. The van der Waals surface area contributed by atoms with E-state index >= 15 is 0 Å². The van der Waals surface area contributed by atoms with Gasteiger partial charge in [-0.2, -0.15) is 0 Å². The van der Waals surface area contributed by atoms with E-state index in [4.69, 9.17) is 17.3 Å². The van der Waals surface area contributed by atoms with Gasteiger partial charge in [0.25, 0.3) is 0 Å². The topological polar surface area (TPSA) is 29.3 Å². The van der Waals surface area contributed by atoms with E-state index in [0.717, 1.165) is 18.1 Å². The highest BCUT2D eigenvalue weighted by Crippen LogP contribution is 2.43. The van der Waals surface area contributed by atoms with Crippen molar-refractivity contribution < 1.29 is 0 Å². The molecule has 0 spiro atoms. The van der Waals surface area contributed by atoms with Gasteiger partial charge in [0.15, 0.2) is 0 Å². The highest BCUT2D eigenvalue weighted by Gasteiger charge is 2.35. The van der Waals surface area contributed by atoms with Gasteiger partial charge in [-0.3, -0.25) is 4.90 Å². The van der Waals surface area contributed by atoms with E-state index in [2.05, 4.69) is 31.0 Å². The third-order valence-corrected chi connectivity index (χ3v) is 5.11. The summed E-state index contributed by atoms with van der Waals surface area (Å²) in [6.07, 6.45) is 5.20. The minimum absolute atomic E-state index is 0.423. The van der Waals surface area contributed by atoms with Crippen LogP contribution in [0.1, 0.15) is 44.2 Å². The van der Waals surface area contributed by atoms with E-state index in [1.807, 2.05) is 12.1 Å². The maximum absolute atomic E-state index is 5.93. The summed E-state index contributed by atoms with van der Waals surface area (Å²) in [6, 6.07) is 8.59. The summed E-state index contributed by atoms with van der Waals surface area (Å²) in [7, 11) is 2.20. The van der Waals surface area contributed by atoms with E-state index in [0.29, 0.717) is 11.5 Å². The zero-order chi connectivity index (χ0) is 13.9. The lowest BCUT2D eigenvalue weighted by atomic mass is 9.66. The smallest absolute Gasteiger partial charge is 0.0406 e. The summed E-state index contributed by atoms with van der Waals surface area (Å²) in [6.45, 7) is 4.20. The molecular formula is C16H25ClN2. The third-order valence-electron chi connectivity index (χ3n) is 4.86. The van der Waals surface area contributed by atoms with Crippen LogP contribution in [0.3, 0.4) is 0 Å². The fraction of sp³-hybridized carbons (Fsp3) is 0.625. The minimum atomic E-state index is 0.423. The Balaban J connectivity index is 1.88. The molecule has 0 bridgehead atoms. The van der Waals surface area contributed by atoms with Crippen LogP contribution < -0.4 is 5.73 Å². The molecule has 1 aromatic rings. The maximum Gasteiger partial charge on any atom is 0.0406 e. The molecule has 1 aromatic carbocycles. The van der Waals surface area contributed by atoms with Crippen LogP contribution in [0.25, 0.3) is 0 Å². The fourth-order valence-corrected chi connectivity index (χ4v) is 2.96. The van der Waals surface area contributed by atoms with Gasteiger partial charge in [-0.1, -0.05) is 30.2 Å². The first-order valence-electron chi connectivity index (χ1n) is 7.22. The molecule has 0 aliphatic heterocycles. The lowest BCUT2D eigenvalue weighted by molar-refractivity contribution is 0.103. The predicted octanol–water partition coefficient (Wildman–Crippen LogP) is 3.85. The van der Waals surface area contributed by atoms with Crippen molar-refractivity contribution in [2.24, 2.45) is 11.1 Å². The summed E-state index contributed by atoms with van der Waals surface area (Å²) >= 11 is 5.93. The molecule has 2 rings (SSSR count). The number of halogens is 1. The monoisotopic (exact) mass is 280 g/mol. The Morgan fingerprint density at radius 2 is 1.95 bits per heavy atom. The van der Waals surface area contributed by atoms with Crippen molar-refractivity contribution in [2.75, 3.05) is 20.1 Å². The quantitative estimate of drug-likeness (QED) is 0.858. The SMILES string of the molecule is CC(c1ccc(Cl)cc1)N(C)CCC1(CN)CCC1. The van der Waals surface area contributed by atoms with Crippen LogP contribution in [0, 0.1) is 5.41 Å². The normalized spacial score (nSPS) is 19.2. The fourth-order valence-electron chi connectivity index (χ4n) is 2.84. The molecule has 1 atom stereocenters. The van der Waals surface area contributed by atoms with Crippen molar-refractivity contribution in [3.8, 4) is 0 Å². The van der Waals surface area contributed by atoms with Gasteiger partial charge in [0.1, 0.15) is 0 Å². The first kappa shape index (κ1) is 14.8. The van der Waals surface area contributed by atoms with E-state index in [-0.39, 0.29) is 0 Å². The standard InChI is InChI=1S/C16H25ClN2/c1-13(14-4-6-15(17)7-5-14)19(2)11-10-16(12-18)8-3-9-16/h4-7,13H,3,8-12,18H2,1-2H3. The van der Waals surface area contributed by atoms with Crippen LogP contribution >= 0.6 is 11.6 Å². The molecule has 0 amide bonds. The van der Waals surface area contributed by atoms with Gasteiger partial charge in [0.05, 0.1) is 0 Å². The van der Waals surface area contributed by atoms with Crippen molar-refractivity contribution in [3.63, 3.8) is 0 Å². The zero-order valence-electron chi connectivity index (χ0n) is 12.0. The molecule has 2 N–H and O–H groups in total. The molecule has 1 aliphatic carbocycles. The number of nitrogens with two attached hydrogens (primary N) is 1. The van der Waals surface area contributed by atoms with Crippen LogP contribution in [0.2, 0.25) is 5.02 Å². The van der Waals surface area contributed by atoms with Crippen molar-refractivity contribution in [1.82, 2.24) is 4.90 Å². The molecule has 1 aliphatic rings. The van der Waals surface area contributed by atoms with Gasteiger partial charge in [-0.15, -0.1) is 0 Å². The molecule has 2 nitrogen and oxygen atoms in total. The Morgan fingerprint density at radius 1 is 1.32 bits per heavy atom. The highest BCUT2D eigenvalue weighted by molar-refractivity contribution is 6.30. The van der Waals surface area contributed by atoms with Crippen LogP contribution in [-0.4, -0.2) is 25.0 Å². The number of benzene rings is 1. The van der Waals surface area contributed by atoms with Crippen LogP contribution in [0.5, 0.6) is 0 Å². The summed E-state index contributed by atoms with van der Waals surface area (Å²) < 4.78 is 0. The number of rotatable bonds is 6. The molecule has 0 radical (unpaired) electrons. The summed E-state index contributed by atoms with van der Waals surface area (Å²) in [4.78, 5) is 2.42. The molecule has 1 fully saturated rings. The van der Waals surface area contributed by atoms with E-state index in [9.17, 15) is 0 Å². The molecule has 1 saturated carbocycles. The zero-order valence-corrected chi connectivity index (χ0v) is 12.8. The Hall–Kier alpha value is -0.570. The van der Waals surface area contributed by atoms with Gasteiger partial charge in [-0.05, 0) is 69.4 Å². The number of hydrogen-bond donors (Lipinski definition) is 1. The van der Waals surface area contributed by atoms with Crippen LogP contribution in [-0.2, 0) is 0 Å². The van der Waals surface area contributed by atoms with Crippen molar-refractivity contribution in [1.29, 1.82) is 0 Å².